The van der Waals surface area contributed by atoms with E-state index in [1.807, 2.05) is 31.2 Å². The second-order valence-corrected chi connectivity index (χ2v) is 7.05. The zero-order valence-corrected chi connectivity index (χ0v) is 17.8. The lowest BCUT2D eigenvalue weighted by molar-refractivity contribution is 0.0953. The Morgan fingerprint density at radius 1 is 1.04 bits per heavy atom. The maximum Gasteiger partial charge on any atom is 0.251 e. The first kappa shape index (κ1) is 24.0. The third-order valence-electron chi connectivity index (χ3n) is 4.59. The quantitative estimate of drug-likeness (QED) is 0.237. The molecule has 158 valence electrons. The van der Waals surface area contributed by atoms with Gasteiger partial charge in [0, 0.05) is 31.8 Å². The van der Waals surface area contributed by atoms with Crippen LogP contribution in [0.4, 0.5) is 0 Å². The molecule has 1 amide bonds. The molecular formula is C22H38N4O2. The van der Waals surface area contributed by atoms with Gasteiger partial charge in [-0.2, -0.15) is 0 Å². The molecule has 0 aliphatic heterocycles. The number of aliphatic hydroxyl groups excluding tert-OH is 1. The van der Waals surface area contributed by atoms with Gasteiger partial charge in [-0.05, 0) is 49.8 Å². The summed E-state index contributed by atoms with van der Waals surface area (Å²) in [5, 5.41) is 18.8. The largest absolute Gasteiger partial charge is 0.396 e. The normalized spacial score (nSPS) is 12.5. The number of hydrogen-bond donors (Lipinski definition) is 4. The SMILES string of the molecule is CCCCNC(=O)c1ccc(CN=C(NCC)NCC(CCC)CCO)cc1. The maximum atomic E-state index is 12.1. The lowest BCUT2D eigenvalue weighted by Gasteiger charge is -2.18. The standard InChI is InChI=1S/C22H38N4O2/c1-4-7-14-24-21(28)20-11-9-19(10-12-20)17-26-22(23-6-3)25-16-18(8-5-2)13-15-27/h9-12,18,27H,4-8,13-17H2,1-3H3,(H,24,28)(H2,23,25,26). The van der Waals surface area contributed by atoms with Crippen molar-refractivity contribution in [3.05, 3.63) is 35.4 Å². The lowest BCUT2D eigenvalue weighted by Crippen LogP contribution is -2.40. The van der Waals surface area contributed by atoms with E-state index >= 15 is 0 Å². The van der Waals surface area contributed by atoms with Gasteiger partial charge < -0.3 is 21.1 Å². The fourth-order valence-electron chi connectivity index (χ4n) is 2.93. The van der Waals surface area contributed by atoms with Gasteiger partial charge in [0.15, 0.2) is 5.96 Å². The molecule has 6 nitrogen and oxygen atoms in total. The predicted octanol–water partition coefficient (Wildman–Crippen LogP) is 3.07. The number of carbonyl (C=O) groups excluding carboxylic acids is 1. The highest BCUT2D eigenvalue weighted by molar-refractivity contribution is 5.94. The van der Waals surface area contributed by atoms with E-state index in [9.17, 15) is 9.90 Å². The minimum Gasteiger partial charge on any atom is -0.396 e. The minimum atomic E-state index is -0.0237. The van der Waals surface area contributed by atoms with Crippen LogP contribution in [0.1, 0.15) is 68.8 Å². The van der Waals surface area contributed by atoms with Crippen molar-refractivity contribution in [2.45, 2.75) is 59.4 Å². The number of unbranched alkanes of at least 4 members (excludes halogenated alkanes) is 1. The van der Waals surface area contributed by atoms with E-state index in [1.54, 1.807) is 0 Å². The van der Waals surface area contributed by atoms with Crippen molar-refractivity contribution in [3.63, 3.8) is 0 Å². The summed E-state index contributed by atoms with van der Waals surface area (Å²) in [5.74, 6) is 1.21. The fourth-order valence-corrected chi connectivity index (χ4v) is 2.93. The summed E-state index contributed by atoms with van der Waals surface area (Å²) >= 11 is 0. The van der Waals surface area contributed by atoms with E-state index < -0.39 is 0 Å². The topological polar surface area (TPSA) is 85.8 Å². The number of hydrogen-bond acceptors (Lipinski definition) is 3. The third kappa shape index (κ3) is 9.74. The van der Waals surface area contributed by atoms with Crippen molar-refractivity contribution >= 4 is 11.9 Å². The Kier molecular flexibility index (Phi) is 12.8. The molecule has 0 heterocycles. The summed E-state index contributed by atoms with van der Waals surface area (Å²) in [6.07, 6.45) is 5.07. The maximum absolute atomic E-state index is 12.1. The van der Waals surface area contributed by atoms with Gasteiger partial charge in [0.05, 0.1) is 6.54 Å². The first-order chi connectivity index (χ1) is 13.6. The summed E-state index contributed by atoms with van der Waals surface area (Å²) in [7, 11) is 0. The zero-order valence-electron chi connectivity index (χ0n) is 17.8. The van der Waals surface area contributed by atoms with E-state index in [0.29, 0.717) is 24.6 Å². The van der Waals surface area contributed by atoms with Crippen molar-refractivity contribution in [3.8, 4) is 0 Å². The van der Waals surface area contributed by atoms with Gasteiger partial charge >= 0.3 is 0 Å². The van der Waals surface area contributed by atoms with E-state index in [1.165, 1.54) is 0 Å². The summed E-state index contributed by atoms with van der Waals surface area (Å²) in [4.78, 5) is 16.7. The first-order valence-corrected chi connectivity index (χ1v) is 10.6. The average molecular weight is 391 g/mol. The molecule has 1 rings (SSSR count). The van der Waals surface area contributed by atoms with Crippen molar-refractivity contribution in [2.24, 2.45) is 10.9 Å². The number of aliphatic hydroxyl groups is 1. The van der Waals surface area contributed by atoms with Gasteiger partial charge in [0.2, 0.25) is 0 Å². The van der Waals surface area contributed by atoms with E-state index in [2.05, 4.69) is 34.8 Å². The summed E-state index contributed by atoms with van der Waals surface area (Å²) < 4.78 is 0. The number of benzene rings is 1. The molecule has 0 bridgehead atoms. The highest BCUT2D eigenvalue weighted by Gasteiger charge is 2.08. The van der Waals surface area contributed by atoms with Gasteiger partial charge in [-0.3, -0.25) is 4.79 Å². The van der Waals surface area contributed by atoms with Crippen LogP contribution in [-0.4, -0.2) is 43.2 Å². The molecule has 1 unspecified atom stereocenters. The number of nitrogens with zero attached hydrogens (tertiary/aromatic N) is 1. The number of amides is 1. The molecule has 0 aromatic heterocycles. The van der Waals surface area contributed by atoms with Gasteiger partial charge in [-0.25, -0.2) is 4.99 Å². The lowest BCUT2D eigenvalue weighted by atomic mass is 10.0. The van der Waals surface area contributed by atoms with Gasteiger partial charge in [-0.1, -0.05) is 38.8 Å². The average Bonchev–Trinajstić information content (AvgIpc) is 2.70. The highest BCUT2D eigenvalue weighted by Crippen LogP contribution is 2.09. The zero-order chi connectivity index (χ0) is 20.6. The number of nitrogens with one attached hydrogen (secondary N) is 3. The highest BCUT2D eigenvalue weighted by atomic mass is 16.3. The fraction of sp³-hybridized carbons (Fsp3) is 0.636. The molecule has 0 saturated carbocycles. The smallest absolute Gasteiger partial charge is 0.251 e. The molecular weight excluding hydrogens is 352 g/mol. The first-order valence-electron chi connectivity index (χ1n) is 10.6. The van der Waals surface area contributed by atoms with Crippen LogP contribution in [0.5, 0.6) is 0 Å². The van der Waals surface area contributed by atoms with Gasteiger partial charge in [0.1, 0.15) is 0 Å². The van der Waals surface area contributed by atoms with Crippen LogP contribution in [-0.2, 0) is 6.54 Å². The van der Waals surface area contributed by atoms with Crippen molar-refractivity contribution in [1.82, 2.24) is 16.0 Å². The molecule has 0 aliphatic carbocycles. The number of carbonyl (C=O) groups is 1. The number of aliphatic imine (C=N–C) groups is 1. The monoisotopic (exact) mass is 390 g/mol. The Hall–Kier alpha value is -2.08. The van der Waals surface area contributed by atoms with E-state index in [-0.39, 0.29) is 12.5 Å². The molecule has 0 aliphatic rings. The molecule has 1 aromatic rings. The molecule has 0 radical (unpaired) electrons. The Morgan fingerprint density at radius 2 is 1.79 bits per heavy atom. The van der Waals surface area contributed by atoms with Crippen molar-refractivity contribution in [2.75, 3.05) is 26.2 Å². The number of guanidine groups is 1. The van der Waals surface area contributed by atoms with E-state index in [0.717, 1.165) is 56.7 Å². The van der Waals surface area contributed by atoms with Crippen LogP contribution in [0.25, 0.3) is 0 Å². The Bertz CT molecular complexity index is 566. The minimum absolute atomic E-state index is 0.0237. The molecule has 1 atom stereocenters. The van der Waals surface area contributed by atoms with Crippen LogP contribution in [0.15, 0.2) is 29.3 Å². The molecule has 28 heavy (non-hydrogen) atoms. The van der Waals surface area contributed by atoms with Crippen LogP contribution in [0.3, 0.4) is 0 Å². The molecule has 0 fully saturated rings. The summed E-state index contributed by atoms with van der Waals surface area (Å²) in [6.45, 7) is 9.39. The summed E-state index contributed by atoms with van der Waals surface area (Å²) in [5.41, 5.74) is 1.74. The predicted molar refractivity (Wildman–Crippen MR) is 117 cm³/mol. The van der Waals surface area contributed by atoms with Crippen molar-refractivity contribution < 1.29 is 9.90 Å². The van der Waals surface area contributed by atoms with Crippen LogP contribution in [0, 0.1) is 5.92 Å². The summed E-state index contributed by atoms with van der Waals surface area (Å²) in [6, 6.07) is 7.61. The van der Waals surface area contributed by atoms with Crippen LogP contribution in [0.2, 0.25) is 0 Å². The Morgan fingerprint density at radius 3 is 2.39 bits per heavy atom. The molecule has 1 aromatic carbocycles. The van der Waals surface area contributed by atoms with Crippen LogP contribution >= 0.6 is 0 Å². The molecule has 0 spiro atoms. The van der Waals surface area contributed by atoms with Gasteiger partial charge in [-0.15, -0.1) is 0 Å². The molecule has 6 heteroatoms. The Labute approximate surface area is 170 Å². The second kappa shape index (κ2) is 14.9. The second-order valence-electron chi connectivity index (χ2n) is 7.05. The van der Waals surface area contributed by atoms with Crippen LogP contribution < -0.4 is 16.0 Å². The van der Waals surface area contributed by atoms with Crippen molar-refractivity contribution in [1.29, 1.82) is 0 Å². The Balaban J connectivity index is 2.60. The molecule has 0 saturated heterocycles. The van der Waals surface area contributed by atoms with E-state index in [4.69, 9.17) is 0 Å². The number of rotatable bonds is 13. The third-order valence-corrected chi connectivity index (χ3v) is 4.59. The van der Waals surface area contributed by atoms with Gasteiger partial charge in [0.25, 0.3) is 5.91 Å². The molecule has 4 N–H and O–H groups in total.